The molecule has 0 bridgehead atoms. The fourth-order valence-corrected chi connectivity index (χ4v) is 1.31. The minimum atomic E-state index is -0.221. The number of H-pyrrole nitrogens is 1. The fourth-order valence-electron chi connectivity index (χ4n) is 1.31. The highest BCUT2D eigenvalue weighted by molar-refractivity contribution is 5.85. The van der Waals surface area contributed by atoms with Gasteiger partial charge < -0.3 is 15.3 Å². The van der Waals surface area contributed by atoms with Crippen molar-refractivity contribution in [1.29, 1.82) is 0 Å². The van der Waals surface area contributed by atoms with E-state index in [1.807, 2.05) is 12.2 Å². The van der Waals surface area contributed by atoms with Crippen LogP contribution in [-0.4, -0.2) is 26.1 Å². The first kappa shape index (κ1) is 12.4. The Morgan fingerprint density at radius 2 is 2.25 bits per heavy atom. The molecule has 2 aromatic rings. The summed E-state index contributed by atoms with van der Waals surface area (Å²) in [5.74, 6) is 0. The molecule has 0 atom stereocenters. The summed E-state index contributed by atoms with van der Waals surface area (Å²) in [7, 11) is 0. The largest absolute Gasteiger partial charge is 0.327 e. The highest BCUT2D eigenvalue weighted by Gasteiger charge is 2.04. The van der Waals surface area contributed by atoms with E-state index in [2.05, 4.69) is 15.0 Å². The second-order valence-electron chi connectivity index (χ2n) is 3.01. The molecule has 0 saturated heterocycles. The minimum Gasteiger partial charge on any atom is -0.327 e. The normalized spacial score (nSPS) is 10.8. The number of aromatic amines is 1. The molecule has 2 rings (SSSR count). The van der Waals surface area contributed by atoms with Crippen LogP contribution in [0.25, 0.3) is 11.2 Å². The topological polar surface area (TPSA) is 89.6 Å². The van der Waals surface area contributed by atoms with Crippen molar-refractivity contribution >= 4 is 23.6 Å². The zero-order chi connectivity index (χ0) is 10.7. The van der Waals surface area contributed by atoms with Gasteiger partial charge in [-0.25, -0.2) is 9.97 Å². The smallest absolute Gasteiger partial charge is 0.278 e. The predicted octanol–water partition coefficient (Wildman–Crippen LogP) is 0.0563. The van der Waals surface area contributed by atoms with Crippen molar-refractivity contribution in [1.82, 2.24) is 19.5 Å². The van der Waals surface area contributed by atoms with Gasteiger partial charge in [-0.3, -0.25) is 4.79 Å². The van der Waals surface area contributed by atoms with Crippen molar-refractivity contribution in [2.24, 2.45) is 5.73 Å². The lowest BCUT2D eigenvalue weighted by Gasteiger charge is -1.96. The van der Waals surface area contributed by atoms with Crippen molar-refractivity contribution < 1.29 is 0 Å². The number of nitrogens with two attached hydrogens (primary N) is 1. The molecule has 0 aliphatic carbocycles. The molecule has 0 spiro atoms. The second-order valence-corrected chi connectivity index (χ2v) is 3.01. The maximum absolute atomic E-state index is 11.3. The monoisotopic (exact) mass is 241 g/mol. The average Bonchev–Trinajstić information content (AvgIpc) is 2.64. The van der Waals surface area contributed by atoms with Gasteiger partial charge in [0, 0.05) is 13.1 Å². The Balaban J connectivity index is 0.00000128. The number of allylic oxidation sites excluding steroid dienone is 1. The van der Waals surface area contributed by atoms with E-state index in [1.54, 1.807) is 10.9 Å². The Bertz CT molecular complexity index is 544. The van der Waals surface area contributed by atoms with E-state index in [0.29, 0.717) is 24.3 Å². The molecule has 86 valence electrons. The number of halogens is 1. The Kier molecular flexibility index (Phi) is 4.21. The molecule has 3 N–H and O–H groups in total. The van der Waals surface area contributed by atoms with Gasteiger partial charge in [-0.2, -0.15) is 0 Å². The maximum Gasteiger partial charge on any atom is 0.278 e. The van der Waals surface area contributed by atoms with Crippen LogP contribution < -0.4 is 11.3 Å². The lowest BCUT2D eigenvalue weighted by molar-refractivity contribution is 0.833. The van der Waals surface area contributed by atoms with Crippen LogP contribution in [0, 0.1) is 0 Å². The van der Waals surface area contributed by atoms with Gasteiger partial charge in [0.05, 0.1) is 12.7 Å². The second kappa shape index (κ2) is 5.43. The first-order chi connectivity index (χ1) is 7.33. The molecular weight excluding hydrogens is 230 g/mol. The van der Waals surface area contributed by atoms with E-state index in [0.717, 1.165) is 0 Å². The molecule has 0 unspecified atom stereocenters. The van der Waals surface area contributed by atoms with E-state index in [1.165, 1.54) is 6.33 Å². The Morgan fingerprint density at radius 3 is 3.00 bits per heavy atom. The molecule has 2 heterocycles. The Labute approximate surface area is 97.6 Å². The summed E-state index contributed by atoms with van der Waals surface area (Å²) in [6.07, 6.45) is 6.71. The van der Waals surface area contributed by atoms with Crippen molar-refractivity contribution in [3.63, 3.8) is 0 Å². The van der Waals surface area contributed by atoms with E-state index in [9.17, 15) is 4.79 Å². The number of nitrogens with one attached hydrogen (secondary N) is 1. The summed E-state index contributed by atoms with van der Waals surface area (Å²) < 4.78 is 1.79. The standard InChI is InChI=1S/C9H11N5O.ClH/c10-3-1-2-4-14-6-13-7-8(14)11-5-12-9(7)15;/h1-2,5-6H,3-4,10H2,(H,11,12,15);1H/b2-1-;. The van der Waals surface area contributed by atoms with Gasteiger partial charge in [0.2, 0.25) is 0 Å². The van der Waals surface area contributed by atoms with Gasteiger partial charge in [0.1, 0.15) is 0 Å². The van der Waals surface area contributed by atoms with Crippen molar-refractivity contribution in [2.45, 2.75) is 6.54 Å². The van der Waals surface area contributed by atoms with Crippen molar-refractivity contribution in [3.8, 4) is 0 Å². The molecule has 0 aliphatic heterocycles. The summed E-state index contributed by atoms with van der Waals surface area (Å²) >= 11 is 0. The first-order valence-corrected chi connectivity index (χ1v) is 4.56. The number of imidazole rings is 1. The maximum atomic E-state index is 11.3. The zero-order valence-electron chi connectivity index (χ0n) is 8.46. The number of nitrogens with zero attached hydrogens (tertiary/aromatic N) is 3. The van der Waals surface area contributed by atoms with Gasteiger partial charge >= 0.3 is 0 Å². The molecule has 7 heteroatoms. The summed E-state index contributed by atoms with van der Waals surface area (Å²) in [5, 5.41) is 0. The van der Waals surface area contributed by atoms with Crippen LogP contribution in [-0.2, 0) is 6.54 Å². The van der Waals surface area contributed by atoms with Crippen molar-refractivity contribution in [2.75, 3.05) is 6.54 Å². The number of hydrogen-bond donors (Lipinski definition) is 2. The first-order valence-electron chi connectivity index (χ1n) is 4.56. The number of hydrogen-bond acceptors (Lipinski definition) is 4. The van der Waals surface area contributed by atoms with Crippen LogP contribution >= 0.6 is 12.4 Å². The quantitative estimate of drug-likeness (QED) is 0.744. The van der Waals surface area contributed by atoms with Crippen LogP contribution in [0.1, 0.15) is 0 Å². The molecule has 0 aromatic carbocycles. The third-order valence-corrected chi connectivity index (χ3v) is 2.01. The summed E-state index contributed by atoms with van der Waals surface area (Å²) in [5.41, 5.74) is 6.05. The minimum absolute atomic E-state index is 0. The van der Waals surface area contributed by atoms with Gasteiger partial charge in [-0.05, 0) is 0 Å². The average molecular weight is 242 g/mol. The van der Waals surface area contributed by atoms with Crippen LogP contribution in [0.2, 0.25) is 0 Å². The molecule has 6 nitrogen and oxygen atoms in total. The van der Waals surface area contributed by atoms with Gasteiger partial charge in [-0.15, -0.1) is 12.4 Å². The van der Waals surface area contributed by atoms with E-state index >= 15 is 0 Å². The highest BCUT2D eigenvalue weighted by Crippen LogP contribution is 2.03. The van der Waals surface area contributed by atoms with Crippen LogP contribution in [0.4, 0.5) is 0 Å². The highest BCUT2D eigenvalue weighted by atomic mass is 35.5. The molecule has 0 amide bonds. The molecule has 2 aromatic heterocycles. The third-order valence-electron chi connectivity index (χ3n) is 2.01. The molecule has 0 radical (unpaired) electrons. The lowest BCUT2D eigenvalue weighted by Crippen LogP contribution is -2.07. The van der Waals surface area contributed by atoms with Crippen LogP contribution in [0.15, 0.2) is 29.6 Å². The lowest BCUT2D eigenvalue weighted by atomic mass is 10.4. The van der Waals surface area contributed by atoms with Gasteiger partial charge in [0.25, 0.3) is 5.56 Å². The van der Waals surface area contributed by atoms with E-state index in [4.69, 9.17) is 5.73 Å². The number of rotatable bonds is 3. The van der Waals surface area contributed by atoms with Gasteiger partial charge in [-0.1, -0.05) is 12.2 Å². The van der Waals surface area contributed by atoms with Crippen molar-refractivity contribution in [3.05, 3.63) is 35.2 Å². The summed E-state index contributed by atoms with van der Waals surface area (Å²) in [4.78, 5) is 21.8. The zero-order valence-corrected chi connectivity index (χ0v) is 9.28. The summed E-state index contributed by atoms with van der Waals surface area (Å²) in [6, 6.07) is 0. The SMILES string of the molecule is Cl.NC/C=C\Cn1cnc2c(=O)[nH]cnc21. The molecule has 0 saturated carbocycles. The predicted molar refractivity (Wildman–Crippen MR) is 63.6 cm³/mol. The Morgan fingerprint density at radius 1 is 1.44 bits per heavy atom. The van der Waals surface area contributed by atoms with E-state index in [-0.39, 0.29) is 18.0 Å². The molecule has 0 fully saturated rings. The fraction of sp³-hybridized carbons (Fsp3) is 0.222. The van der Waals surface area contributed by atoms with E-state index < -0.39 is 0 Å². The summed E-state index contributed by atoms with van der Waals surface area (Å²) in [6.45, 7) is 1.12. The third kappa shape index (κ3) is 2.29. The van der Waals surface area contributed by atoms with Crippen LogP contribution in [0.3, 0.4) is 0 Å². The Hall–Kier alpha value is -1.66. The molecule has 16 heavy (non-hydrogen) atoms. The van der Waals surface area contributed by atoms with Gasteiger partial charge in [0.15, 0.2) is 11.2 Å². The number of aromatic nitrogens is 4. The number of fused-ring (bicyclic) bond motifs is 1. The molecular formula is C9H12ClN5O. The molecule has 0 aliphatic rings. The van der Waals surface area contributed by atoms with Crippen LogP contribution in [0.5, 0.6) is 0 Å².